The van der Waals surface area contributed by atoms with E-state index in [1.807, 2.05) is 30.3 Å². The molecule has 0 unspecified atom stereocenters. The fourth-order valence-corrected chi connectivity index (χ4v) is 2.33. The number of carbonyl (C=O) groups is 1. The van der Waals surface area contributed by atoms with Gasteiger partial charge in [0.1, 0.15) is 5.75 Å². The lowest BCUT2D eigenvalue weighted by molar-refractivity contribution is 0.101. The summed E-state index contributed by atoms with van der Waals surface area (Å²) < 4.78 is 6.20. The normalized spacial score (nSPS) is 10.4. The van der Waals surface area contributed by atoms with Crippen LogP contribution >= 0.6 is 15.9 Å². The number of ketones is 1. The molecule has 82 valence electrons. The smallest absolute Gasteiger partial charge is 0.164 e. The van der Waals surface area contributed by atoms with Crippen molar-refractivity contribution in [2.24, 2.45) is 0 Å². The van der Waals surface area contributed by atoms with Crippen molar-refractivity contribution in [1.82, 2.24) is 0 Å². The van der Waals surface area contributed by atoms with Gasteiger partial charge in [0.15, 0.2) is 5.78 Å². The maximum absolute atomic E-state index is 11.7. The summed E-state index contributed by atoms with van der Waals surface area (Å²) in [5, 5.41) is 1.94. The number of halogens is 1. The first-order valence-electron chi connectivity index (χ1n) is 4.91. The van der Waals surface area contributed by atoms with Crippen LogP contribution in [0.25, 0.3) is 10.8 Å². The number of hydrogen-bond acceptors (Lipinski definition) is 2. The summed E-state index contributed by atoms with van der Waals surface area (Å²) >= 11 is 3.47. The molecule has 0 heterocycles. The Morgan fingerprint density at radius 3 is 2.56 bits per heavy atom. The fourth-order valence-electron chi connectivity index (χ4n) is 1.83. The standard InChI is InChI=1S/C13H11BrO2/c1-8(15)13-10-4-3-5-11(14)9(10)6-7-12(13)16-2/h3-7H,1-2H3. The lowest BCUT2D eigenvalue weighted by Crippen LogP contribution is -1.98. The van der Waals surface area contributed by atoms with Crippen LogP contribution in [0.3, 0.4) is 0 Å². The molecule has 0 atom stereocenters. The molecule has 0 spiro atoms. The summed E-state index contributed by atoms with van der Waals surface area (Å²) in [6, 6.07) is 9.57. The van der Waals surface area contributed by atoms with Gasteiger partial charge in [-0.05, 0) is 35.9 Å². The van der Waals surface area contributed by atoms with Crippen molar-refractivity contribution in [1.29, 1.82) is 0 Å². The van der Waals surface area contributed by atoms with Crippen LogP contribution in [0.2, 0.25) is 0 Å². The van der Waals surface area contributed by atoms with Gasteiger partial charge in [0, 0.05) is 4.47 Å². The predicted molar refractivity (Wildman–Crippen MR) is 68.2 cm³/mol. The first-order valence-corrected chi connectivity index (χ1v) is 5.70. The molecule has 0 bridgehead atoms. The van der Waals surface area contributed by atoms with Gasteiger partial charge in [0.2, 0.25) is 0 Å². The van der Waals surface area contributed by atoms with Gasteiger partial charge in [0.25, 0.3) is 0 Å². The van der Waals surface area contributed by atoms with Crippen LogP contribution < -0.4 is 4.74 Å². The van der Waals surface area contributed by atoms with Crippen LogP contribution in [0.15, 0.2) is 34.8 Å². The molecule has 16 heavy (non-hydrogen) atoms. The number of fused-ring (bicyclic) bond motifs is 1. The lowest BCUT2D eigenvalue weighted by Gasteiger charge is -2.10. The van der Waals surface area contributed by atoms with Crippen molar-refractivity contribution >= 4 is 32.5 Å². The third-order valence-corrected chi connectivity index (χ3v) is 3.23. The summed E-state index contributed by atoms with van der Waals surface area (Å²) in [7, 11) is 1.57. The van der Waals surface area contributed by atoms with E-state index in [4.69, 9.17) is 4.74 Å². The van der Waals surface area contributed by atoms with E-state index in [0.717, 1.165) is 15.2 Å². The SMILES string of the molecule is COc1ccc2c(Br)cccc2c1C(C)=O. The Bertz CT molecular complexity index is 561. The van der Waals surface area contributed by atoms with Crippen molar-refractivity contribution in [2.45, 2.75) is 6.92 Å². The van der Waals surface area contributed by atoms with Gasteiger partial charge in [-0.2, -0.15) is 0 Å². The molecule has 3 heteroatoms. The van der Waals surface area contributed by atoms with Crippen LogP contribution in [-0.4, -0.2) is 12.9 Å². The topological polar surface area (TPSA) is 26.3 Å². The summed E-state index contributed by atoms with van der Waals surface area (Å²) in [5.74, 6) is 0.638. The van der Waals surface area contributed by atoms with Crippen molar-refractivity contribution in [3.63, 3.8) is 0 Å². The molecule has 0 saturated carbocycles. The molecule has 0 amide bonds. The third kappa shape index (κ3) is 1.71. The highest BCUT2D eigenvalue weighted by Gasteiger charge is 2.13. The zero-order valence-corrected chi connectivity index (χ0v) is 10.7. The van der Waals surface area contributed by atoms with Crippen molar-refractivity contribution in [3.8, 4) is 5.75 Å². The number of Topliss-reactive ketones (excluding diaryl/α,β-unsaturated/α-hetero) is 1. The van der Waals surface area contributed by atoms with E-state index < -0.39 is 0 Å². The zero-order chi connectivity index (χ0) is 11.7. The summed E-state index contributed by atoms with van der Waals surface area (Å²) in [5.41, 5.74) is 0.640. The molecule has 0 radical (unpaired) electrons. The van der Waals surface area contributed by atoms with E-state index in [1.165, 1.54) is 0 Å². The fraction of sp³-hybridized carbons (Fsp3) is 0.154. The Hall–Kier alpha value is -1.35. The Kier molecular flexibility index (Phi) is 2.97. The van der Waals surface area contributed by atoms with E-state index in [-0.39, 0.29) is 5.78 Å². The highest BCUT2D eigenvalue weighted by atomic mass is 79.9. The van der Waals surface area contributed by atoms with E-state index in [0.29, 0.717) is 11.3 Å². The van der Waals surface area contributed by atoms with Gasteiger partial charge in [-0.25, -0.2) is 0 Å². The van der Waals surface area contributed by atoms with Gasteiger partial charge in [-0.15, -0.1) is 0 Å². The van der Waals surface area contributed by atoms with Gasteiger partial charge >= 0.3 is 0 Å². The Balaban J connectivity index is 2.90. The largest absolute Gasteiger partial charge is 0.496 e. The van der Waals surface area contributed by atoms with Crippen molar-refractivity contribution < 1.29 is 9.53 Å². The number of carbonyl (C=O) groups excluding carboxylic acids is 1. The predicted octanol–water partition coefficient (Wildman–Crippen LogP) is 3.81. The Labute approximate surface area is 102 Å². The van der Waals surface area contributed by atoms with E-state index in [1.54, 1.807) is 14.0 Å². The minimum Gasteiger partial charge on any atom is -0.496 e. The third-order valence-electron chi connectivity index (χ3n) is 2.54. The van der Waals surface area contributed by atoms with Crippen molar-refractivity contribution in [3.05, 3.63) is 40.4 Å². The molecule has 0 aliphatic carbocycles. The first kappa shape index (κ1) is 11.1. The van der Waals surface area contributed by atoms with Crippen molar-refractivity contribution in [2.75, 3.05) is 7.11 Å². The molecule has 0 aliphatic rings. The molecule has 0 saturated heterocycles. The maximum atomic E-state index is 11.7. The average molecular weight is 279 g/mol. The van der Waals surface area contributed by atoms with Crippen LogP contribution in [0.5, 0.6) is 5.75 Å². The second-order valence-corrected chi connectivity index (χ2v) is 4.39. The highest BCUT2D eigenvalue weighted by Crippen LogP contribution is 2.32. The Morgan fingerprint density at radius 1 is 1.19 bits per heavy atom. The van der Waals surface area contributed by atoms with Crippen LogP contribution in [0.1, 0.15) is 17.3 Å². The average Bonchev–Trinajstić information content (AvgIpc) is 2.27. The first-order chi connectivity index (χ1) is 7.65. The van der Waals surface area contributed by atoms with E-state index >= 15 is 0 Å². The molecular weight excluding hydrogens is 268 g/mol. The number of ether oxygens (including phenoxy) is 1. The van der Waals surface area contributed by atoms with Gasteiger partial charge < -0.3 is 4.74 Å². The molecule has 0 fully saturated rings. The quantitative estimate of drug-likeness (QED) is 0.781. The molecule has 0 aromatic heterocycles. The molecular formula is C13H11BrO2. The number of methoxy groups -OCH3 is 1. The number of benzene rings is 2. The number of rotatable bonds is 2. The second-order valence-electron chi connectivity index (χ2n) is 3.53. The van der Waals surface area contributed by atoms with E-state index in [2.05, 4.69) is 15.9 Å². The zero-order valence-electron chi connectivity index (χ0n) is 9.08. The lowest BCUT2D eigenvalue weighted by atomic mass is 10.0. The molecule has 2 aromatic carbocycles. The summed E-state index contributed by atoms with van der Waals surface area (Å²) in [4.78, 5) is 11.7. The maximum Gasteiger partial charge on any atom is 0.164 e. The van der Waals surface area contributed by atoms with Crippen LogP contribution in [0.4, 0.5) is 0 Å². The summed E-state index contributed by atoms with van der Waals surface area (Å²) in [6.45, 7) is 1.55. The molecule has 2 aromatic rings. The van der Waals surface area contributed by atoms with Gasteiger partial charge in [0.05, 0.1) is 12.7 Å². The highest BCUT2D eigenvalue weighted by molar-refractivity contribution is 9.10. The molecule has 0 aliphatic heterocycles. The minimum absolute atomic E-state index is 0.0144. The molecule has 2 rings (SSSR count). The van der Waals surface area contributed by atoms with Crippen LogP contribution in [-0.2, 0) is 0 Å². The van der Waals surface area contributed by atoms with Crippen LogP contribution in [0, 0.1) is 0 Å². The summed E-state index contributed by atoms with van der Waals surface area (Å²) in [6.07, 6.45) is 0. The molecule has 2 nitrogen and oxygen atoms in total. The van der Waals surface area contributed by atoms with Gasteiger partial charge in [-0.1, -0.05) is 28.1 Å². The number of hydrogen-bond donors (Lipinski definition) is 0. The van der Waals surface area contributed by atoms with Gasteiger partial charge in [-0.3, -0.25) is 4.79 Å². The molecule has 0 N–H and O–H groups in total. The Morgan fingerprint density at radius 2 is 1.94 bits per heavy atom. The van der Waals surface area contributed by atoms with E-state index in [9.17, 15) is 4.79 Å². The monoisotopic (exact) mass is 278 g/mol. The second kappa shape index (κ2) is 4.26. The minimum atomic E-state index is 0.0144.